The van der Waals surface area contributed by atoms with Crippen molar-refractivity contribution in [1.82, 2.24) is 20.1 Å². The molecule has 0 aliphatic rings. The fourth-order valence-electron chi connectivity index (χ4n) is 4.07. The van der Waals surface area contributed by atoms with Crippen molar-refractivity contribution >= 4 is 46.5 Å². The van der Waals surface area contributed by atoms with Gasteiger partial charge in [-0.2, -0.15) is 0 Å². The Morgan fingerprint density at radius 2 is 1.85 bits per heavy atom. The minimum absolute atomic E-state index is 0.0907. The number of thioether (sulfide) groups is 1. The van der Waals surface area contributed by atoms with Crippen molar-refractivity contribution in [2.24, 2.45) is 0 Å². The van der Waals surface area contributed by atoms with Crippen LogP contribution in [0.15, 0.2) is 47.6 Å². The second-order valence-corrected chi connectivity index (χ2v) is 10.9. The summed E-state index contributed by atoms with van der Waals surface area (Å²) in [6.07, 6.45) is 8.29. The molecule has 3 aromatic rings. The number of unbranched alkanes of at least 4 members (excludes halogenated alkanes) is 3. The monoisotopic (exact) mass is 572 g/mol. The zero-order chi connectivity index (χ0) is 28.0. The number of amides is 1. The van der Waals surface area contributed by atoms with E-state index < -0.39 is 5.82 Å². The number of aromatic nitrogens is 3. The maximum atomic E-state index is 14.5. The number of carbonyl (C=O) groups is 1. The lowest BCUT2D eigenvalue weighted by atomic mass is 10.1. The van der Waals surface area contributed by atoms with Crippen molar-refractivity contribution in [3.63, 3.8) is 0 Å². The van der Waals surface area contributed by atoms with Crippen molar-refractivity contribution in [2.45, 2.75) is 64.3 Å². The van der Waals surface area contributed by atoms with E-state index in [1.807, 2.05) is 0 Å². The first kappa shape index (κ1) is 30.8. The van der Waals surface area contributed by atoms with Gasteiger partial charge in [-0.25, -0.2) is 9.37 Å². The molecule has 2 N–H and O–H groups in total. The van der Waals surface area contributed by atoms with E-state index in [2.05, 4.69) is 51.5 Å². The van der Waals surface area contributed by atoms with Gasteiger partial charge in [0, 0.05) is 28.5 Å². The highest BCUT2D eigenvalue weighted by Crippen LogP contribution is 2.33. The molecule has 0 radical (unpaired) electrons. The van der Waals surface area contributed by atoms with E-state index in [1.54, 1.807) is 36.2 Å². The average molecular weight is 573 g/mol. The number of hydrogen-bond donors (Lipinski definition) is 2. The lowest BCUT2D eigenvalue weighted by molar-refractivity contribution is -0.117. The van der Waals surface area contributed by atoms with Crippen molar-refractivity contribution in [2.75, 3.05) is 36.0 Å². The van der Waals surface area contributed by atoms with E-state index >= 15 is 0 Å². The number of anilines is 3. The molecule has 0 aliphatic heterocycles. The lowest BCUT2D eigenvalue weighted by Crippen LogP contribution is -2.34. The molecule has 0 atom stereocenters. The molecule has 0 fully saturated rings. The van der Waals surface area contributed by atoms with Crippen LogP contribution in [0.4, 0.5) is 21.6 Å². The predicted octanol–water partition coefficient (Wildman–Crippen LogP) is 7.81. The molecule has 210 valence electrons. The molecular weight excluding hydrogens is 535 g/mol. The normalized spacial score (nSPS) is 11.1. The largest absolute Gasteiger partial charge is 0.353 e. The van der Waals surface area contributed by atoms with Crippen LogP contribution in [-0.2, 0) is 4.79 Å². The van der Waals surface area contributed by atoms with E-state index in [9.17, 15) is 9.18 Å². The molecule has 39 heavy (non-hydrogen) atoms. The third-order valence-corrected chi connectivity index (χ3v) is 7.37. The number of nitrogens with one attached hydrogen (secondary N) is 2. The average Bonchev–Trinajstić information content (AvgIpc) is 2.92. The van der Waals surface area contributed by atoms with Gasteiger partial charge in [0.25, 0.3) is 0 Å². The fraction of sp³-hybridized carbons (Fsp3) is 0.448. The first-order valence-electron chi connectivity index (χ1n) is 13.6. The number of benzene rings is 1. The molecule has 0 unspecified atom stereocenters. The Hall–Kier alpha value is -2.75. The molecule has 0 aliphatic carbocycles. The molecule has 0 saturated heterocycles. The highest BCUT2D eigenvalue weighted by molar-refractivity contribution is 7.99. The van der Waals surface area contributed by atoms with Gasteiger partial charge in [0.05, 0.1) is 17.9 Å². The summed E-state index contributed by atoms with van der Waals surface area (Å²) in [4.78, 5) is 19.3. The number of rotatable bonds is 16. The standard InChI is InChI=1S/C29H38ClFN6OS/c1-4-7-8-9-15-37(14-5-2)20-28(38)34-27-18-22(12-13-32-27)33-26-19-25(35-36-29(26)39-16-6-3)23-17-21(30)10-11-24(23)31/h10-13,17-19H,4-9,14-16,20H2,1-3H3,(H2,32,33,34,35,38). The van der Waals surface area contributed by atoms with Gasteiger partial charge in [0.2, 0.25) is 5.91 Å². The van der Waals surface area contributed by atoms with Gasteiger partial charge in [0.15, 0.2) is 0 Å². The molecule has 2 aromatic heterocycles. The first-order chi connectivity index (χ1) is 18.9. The highest BCUT2D eigenvalue weighted by atomic mass is 35.5. The Labute approximate surface area is 240 Å². The van der Waals surface area contributed by atoms with E-state index in [0.717, 1.165) is 38.1 Å². The number of halogens is 2. The number of nitrogens with zero attached hydrogens (tertiary/aromatic N) is 4. The zero-order valence-electron chi connectivity index (χ0n) is 23.0. The van der Waals surface area contributed by atoms with Crippen LogP contribution in [0.1, 0.15) is 59.3 Å². The van der Waals surface area contributed by atoms with Crippen LogP contribution in [0, 0.1) is 5.82 Å². The molecule has 0 saturated carbocycles. The maximum absolute atomic E-state index is 14.5. The van der Waals surface area contributed by atoms with E-state index in [1.165, 1.54) is 37.5 Å². The zero-order valence-corrected chi connectivity index (χ0v) is 24.5. The molecule has 2 heterocycles. The van der Waals surface area contributed by atoms with E-state index in [-0.39, 0.29) is 11.5 Å². The minimum Gasteiger partial charge on any atom is -0.353 e. The van der Waals surface area contributed by atoms with Crippen LogP contribution in [0.5, 0.6) is 0 Å². The quantitative estimate of drug-likeness (QED) is 0.134. The molecular formula is C29H38ClFN6OS. The van der Waals surface area contributed by atoms with Gasteiger partial charge in [-0.15, -0.1) is 22.0 Å². The Bertz CT molecular complexity index is 1210. The van der Waals surface area contributed by atoms with Crippen molar-refractivity contribution in [1.29, 1.82) is 0 Å². The highest BCUT2D eigenvalue weighted by Gasteiger charge is 2.15. The summed E-state index contributed by atoms with van der Waals surface area (Å²) in [5, 5.41) is 16.0. The molecule has 1 aromatic carbocycles. The molecule has 3 rings (SSSR count). The van der Waals surface area contributed by atoms with Gasteiger partial charge in [-0.3, -0.25) is 9.69 Å². The maximum Gasteiger partial charge on any atom is 0.239 e. The van der Waals surface area contributed by atoms with Crippen molar-refractivity contribution < 1.29 is 9.18 Å². The second kappa shape index (κ2) is 16.4. The van der Waals surface area contributed by atoms with Crippen molar-refractivity contribution in [3.8, 4) is 11.3 Å². The van der Waals surface area contributed by atoms with Crippen molar-refractivity contribution in [3.05, 3.63) is 53.4 Å². The summed E-state index contributed by atoms with van der Waals surface area (Å²) in [5.74, 6) is 0.800. The third kappa shape index (κ3) is 10.1. The van der Waals surface area contributed by atoms with Gasteiger partial charge in [-0.05, 0) is 68.4 Å². The minimum atomic E-state index is -0.426. The Morgan fingerprint density at radius 1 is 1.00 bits per heavy atom. The molecule has 0 bridgehead atoms. The van der Waals surface area contributed by atoms with Gasteiger partial charge < -0.3 is 10.6 Å². The van der Waals surface area contributed by atoms with Crippen LogP contribution in [0.2, 0.25) is 5.02 Å². The number of pyridine rings is 1. The van der Waals surface area contributed by atoms with E-state index in [4.69, 9.17) is 11.6 Å². The summed E-state index contributed by atoms with van der Waals surface area (Å²) in [6.45, 7) is 8.55. The summed E-state index contributed by atoms with van der Waals surface area (Å²) in [5.41, 5.74) is 2.05. The van der Waals surface area contributed by atoms with Gasteiger partial charge >= 0.3 is 0 Å². The molecule has 7 nitrogen and oxygen atoms in total. The van der Waals surface area contributed by atoms with Crippen LogP contribution < -0.4 is 10.6 Å². The van der Waals surface area contributed by atoms with Crippen LogP contribution in [0.3, 0.4) is 0 Å². The Morgan fingerprint density at radius 3 is 2.62 bits per heavy atom. The van der Waals surface area contributed by atoms with Gasteiger partial charge in [0.1, 0.15) is 16.7 Å². The van der Waals surface area contributed by atoms with Gasteiger partial charge in [-0.1, -0.05) is 51.6 Å². The SMILES string of the molecule is CCCCCCN(CCC)CC(=O)Nc1cc(Nc2cc(-c3cc(Cl)ccc3F)nnc2SCCC)ccn1. The summed E-state index contributed by atoms with van der Waals surface area (Å²) >= 11 is 7.67. The number of hydrogen-bond acceptors (Lipinski definition) is 7. The van der Waals surface area contributed by atoms with Crippen LogP contribution in [-0.4, -0.2) is 51.4 Å². The van der Waals surface area contributed by atoms with E-state index in [0.29, 0.717) is 39.5 Å². The summed E-state index contributed by atoms with van der Waals surface area (Å²) in [7, 11) is 0. The van der Waals surface area contributed by atoms with Crippen LogP contribution in [0.25, 0.3) is 11.3 Å². The molecule has 1 amide bonds. The molecule has 0 spiro atoms. The first-order valence-corrected chi connectivity index (χ1v) is 15.0. The summed E-state index contributed by atoms with van der Waals surface area (Å²) in [6, 6.07) is 9.70. The third-order valence-electron chi connectivity index (χ3n) is 5.95. The van der Waals surface area contributed by atoms with Crippen LogP contribution >= 0.6 is 23.4 Å². The predicted molar refractivity (Wildman–Crippen MR) is 160 cm³/mol. The second-order valence-electron chi connectivity index (χ2n) is 9.36. The Balaban J connectivity index is 1.75. The molecule has 10 heteroatoms. The topological polar surface area (TPSA) is 83.0 Å². The lowest BCUT2D eigenvalue weighted by Gasteiger charge is -2.21. The number of carbonyl (C=O) groups excluding carboxylic acids is 1. The summed E-state index contributed by atoms with van der Waals surface area (Å²) < 4.78 is 14.5. The fourth-order valence-corrected chi connectivity index (χ4v) is 5.00. The Kier molecular flexibility index (Phi) is 12.9. The smallest absolute Gasteiger partial charge is 0.239 e.